The molecule has 3 heterocycles. The molecule has 0 bridgehead atoms. The second-order valence-electron chi connectivity index (χ2n) is 10.4. The molecule has 5 aromatic rings. The molecule has 0 spiro atoms. The molecule has 1 aliphatic rings. The number of aromatic nitrogens is 2. The molecule has 8 heteroatoms. The summed E-state index contributed by atoms with van der Waals surface area (Å²) in [5.41, 5.74) is 6.75. The highest BCUT2D eigenvalue weighted by molar-refractivity contribution is 7.07. The highest BCUT2D eigenvalue weighted by Gasteiger charge is 2.33. The lowest BCUT2D eigenvalue weighted by Crippen LogP contribution is -2.39. The van der Waals surface area contributed by atoms with Crippen LogP contribution in [0.5, 0.6) is 0 Å². The van der Waals surface area contributed by atoms with Crippen LogP contribution < -0.4 is 14.9 Å². The van der Waals surface area contributed by atoms with Gasteiger partial charge in [0.25, 0.3) is 5.56 Å². The van der Waals surface area contributed by atoms with Gasteiger partial charge in [0, 0.05) is 33.7 Å². The van der Waals surface area contributed by atoms with Gasteiger partial charge in [-0.25, -0.2) is 9.79 Å². The highest BCUT2D eigenvalue weighted by Crippen LogP contribution is 2.32. The smallest absolute Gasteiger partial charge is 0.338 e. The SMILES string of the molecule is CCOC(=O)C1=C(C)N=c2s/c(=C\c3c(C)n(Cc4ccccc4Cl)c4ccccc34)c(=O)n2[C@H]1c1ccc(C)cc1. The number of fused-ring (bicyclic) bond motifs is 2. The molecule has 0 amide bonds. The summed E-state index contributed by atoms with van der Waals surface area (Å²) in [7, 11) is 0. The first kappa shape index (κ1) is 27.9. The number of benzene rings is 3. The number of aryl methyl sites for hydroxylation is 1. The monoisotopic (exact) mass is 595 g/mol. The van der Waals surface area contributed by atoms with E-state index in [0.717, 1.165) is 38.9 Å². The van der Waals surface area contributed by atoms with Crippen molar-refractivity contribution in [1.29, 1.82) is 0 Å². The predicted molar refractivity (Wildman–Crippen MR) is 169 cm³/mol. The Labute approximate surface area is 252 Å². The molecular formula is C34H30ClN3O3S. The first-order valence-electron chi connectivity index (χ1n) is 13.9. The van der Waals surface area contributed by atoms with Gasteiger partial charge in [0.1, 0.15) is 0 Å². The van der Waals surface area contributed by atoms with Crippen molar-refractivity contribution in [2.45, 2.75) is 40.3 Å². The van der Waals surface area contributed by atoms with E-state index in [9.17, 15) is 9.59 Å². The Hall–Kier alpha value is -4.20. The van der Waals surface area contributed by atoms with Gasteiger partial charge in [0.05, 0.1) is 28.5 Å². The zero-order valence-corrected chi connectivity index (χ0v) is 25.4. The first-order valence-corrected chi connectivity index (χ1v) is 15.1. The third-order valence-corrected chi connectivity index (χ3v) is 9.10. The van der Waals surface area contributed by atoms with Gasteiger partial charge >= 0.3 is 5.97 Å². The van der Waals surface area contributed by atoms with Gasteiger partial charge in [0.15, 0.2) is 4.80 Å². The molecule has 0 saturated carbocycles. The maximum Gasteiger partial charge on any atom is 0.338 e. The number of para-hydroxylation sites is 1. The lowest BCUT2D eigenvalue weighted by atomic mass is 9.95. The van der Waals surface area contributed by atoms with Gasteiger partial charge in [-0.1, -0.05) is 89.2 Å². The van der Waals surface area contributed by atoms with Crippen LogP contribution in [0, 0.1) is 13.8 Å². The number of carbonyl (C=O) groups is 1. The summed E-state index contributed by atoms with van der Waals surface area (Å²) < 4.78 is 9.84. The third-order valence-electron chi connectivity index (χ3n) is 7.75. The van der Waals surface area contributed by atoms with Crippen molar-refractivity contribution in [2.24, 2.45) is 4.99 Å². The Bertz CT molecular complexity index is 2070. The molecule has 1 atom stereocenters. The molecule has 6 nitrogen and oxygen atoms in total. The molecule has 0 aliphatic carbocycles. The number of hydrogen-bond donors (Lipinski definition) is 0. The van der Waals surface area contributed by atoms with Crippen molar-refractivity contribution in [2.75, 3.05) is 6.61 Å². The molecule has 0 unspecified atom stereocenters. The Morgan fingerprint density at radius 2 is 1.74 bits per heavy atom. The van der Waals surface area contributed by atoms with Crippen molar-refractivity contribution in [3.05, 3.63) is 137 Å². The number of esters is 1. The quantitative estimate of drug-likeness (QED) is 0.224. The summed E-state index contributed by atoms with van der Waals surface area (Å²) in [6.07, 6.45) is 1.96. The van der Waals surface area contributed by atoms with Crippen LogP contribution in [0.1, 0.15) is 47.8 Å². The van der Waals surface area contributed by atoms with Crippen LogP contribution >= 0.6 is 22.9 Å². The maximum absolute atomic E-state index is 14.2. The molecule has 0 saturated heterocycles. The van der Waals surface area contributed by atoms with E-state index in [4.69, 9.17) is 21.3 Å². The first-order chi connectivity index (χ1) is 20.3. The third kappa shape index (κ3) is 4.82. The lowest BCUT2D eigenvalue weighted by molar-refractivity contribution is -0.139. The molecule has 0 radical (unpaired) electrons. The molecule has 42 heavy (non-hydrogen) atoms. The summed E-state index contributed by atoms with van der Waals surface area (Å²) in [6.45, 7) is 8.49. The number of thiazole rings is 1. The molecule has 1 aliphatic heterocycles. The fourth-order valence-electron chi connectivity index (χ4n) is 5.63. The van der Waals surface area contributed by atoms with Crippen molar-refractivity contribution in [3.63, 3.8) is 0 Å². The molecule has 6 rings (SSSR count). The minimum absolute atomic E-state index is 0.194. The number of hydrogen-bond acceptors (Lipinski definition) is 5. The summed E-state index contributed by atoms with van der Waals surface area (Å²) in [5.74, 6) is -0.461. The minimum Gasteiger partial charge on any atom is -0.463 e. The van der Waals surface area contributed by atoms with Crippen molar-refractivity contribution in [3.8, 4) is 0 Å². The Kier molecular flexibility index (Phi) is 7.47. The normalized spacial score (nSPS) is 15.2. The van der Waals surface area contributed by atoms with E-state index in [1.807, 2.05) is 73.7 Å². The van der Waals surface area contributed by atoms with Gasteiger partial charge in [0.2, 0.25) is 0 Å². The zero-order chi connectivity index (χ0) is 29.5. The Morgan fingerprint density at radius 3 is 2.48 bits per heavy atom. The van der Waals surface area contributed by atoms with Crippen LogP contribution in [-0.2, 0) is 16.1 Å². The summed E-state index contributed by atoms with van der Waals surface area (Å²) in [5, 5.41) is 1.76. The topological polar surface area (TPSA) is 65.6 Å². The van der Waals surface area contributed by atoms with Crippen LogP contribution in [-0.4, -0.2) is 21.7 Å². The van der Waals surface area contributed by atoms with Crippen LogP contribution in [0.25, 0.3) is 17.0 Å². The molecule has 2 aromatic heterocycles. The van der Waals surface area contributed by atoms with Gasteiger partial charge in [-0.15, -0.1) is 0 Å². The zero-order valence-electron chi connectivity index (χ0n) is 23.8. The van der Waals surface area contributed by atoms with E-state index >= 15 is 0 Å². The average molecular weight is 596 g/mol. The van der Waals surface area contributed by atoms with E-state index in [2.05, 4.69) is 23.6 Å². The second-order valence-corrected chi connectivity index (χ2v) is 11.8. The van der Waals surface area contributed by atoms with Gasteiger partial charge < -0.3 is 9.30 Å². The largest absolute Gasteiger partial charge is 0.463 e. The van der Waals surface area contributed by atoms with E-state index in [0.29, 0.717) is 32.2 Å². The maximum atomic E-state index is 14.2. The second kappa shape index (κ2) is 11.2. The van der Waals surface area contributed by atoms with Crippen LogP contribution in [0.4, 0.5) is 0 Å². The fourth-order valence-corrected chi connectivity index (χ4v) is 6.85. The number of halogens is 1. The van der Waals surface area contributed by atoms with Crippen molar-refractivity contribution in [1.82, 2.24) is 9.13 Å². The van der Waals surface area contributed by atoms with E-state index in [-0.39, 0.29) is 12.2 Å². The molecule has 0 N–H and O–H groups in total. The van der Waals surface area contributed by atoms with Gasteiger partial charge in [-0.05, 0) is 57.0 Å². The summed E-state index contributed by atoms with van der Waals surface area (Å²) >= 11 is 7.85. The fraction of sp³-hybridized carbons (Fsp3) is 0.206. The Balaban J connectivity index is 1.55. The number of rotatable bonds is 6. The molecule has 0 fully saturated rings. The Morgan fingerprint density at radius 1 is 1.02 bits per heavy atom. The molecular weight excluding hydrogens is 566 g/mol. The molecule has 212 valence electrons. The highest BCUT2D eigenvalue weighted by atomic mass is 35.5. The lowest BCUT2D eigenvalue weighted by Gasteiger charge is -2.24. The van der Waals surface area contributed by atoms with Crippen molar-refractivity contribution >= 4 is 45.9 Å². The number of nitrogens with zero attached hydrogens (tertiary/aromatic N) is 3. The van der Waals surface area contributed by atoms with Crippen LogP contribution in [0.15, 0.2) is 93.9 Å². The van der Waals surface area contributed by atoms with Gasteiger partial charge in [-0.3, -0.25) is 9.36 Å². The average Bonchev–Trinajstić information content (AvgIpc) is 3.42. The summed E-state index contributed by atoms with van der Waals surface area (Å²) in [4.78, 5) is 32.6. The van der Waals surface area contributed by atoms with Gasteiger partial charge in [-0.2, -0.15) is 0 Å². The predicted octanol–water partition coefficient (Wildman–Crippen LogP) is 6.07. The number of allylic oxidation sites excluding steroid dienone is 1. The standard InChI is InChI=1S/C34H30ClN3O3S/c1-5-41-33(40)30-21(3)36-34-38(31(30)23-16-14-20(2)15-17-23)32(39)29(42-34)18-26-22(4)37(28-13-9-7-11-25(26)28)19-24-10-6-8-12-27(24)35/h6-18,31H,5,19H2,1-4H3/b29-18-/t31-/m0/s1. The van der Waals surface area contributed by atoms with E-state index in [1.165, 1.54) is 11.3 Å². The van der Waals surface area contributed by atoms with Crippen LogP contribution in [0.3, 0.4) is 0 Å². The van der Waals surface area contributed by atoms with Crippen molar-refractivity contribution < 1.29 is 9.53 Å². The minimum atomic E-state index is -0.634. The van der Waals surface area contributed by atoms with E-state index < -0.39 is 12.0 Å². The number of carbonyl (C=O) groups excluding carboxylic acids is 1. The molecule has 3 aromatic carbocycles. The summed E-state index contributed by atoms with van der Waals surface area (Å²) in [6, 6.07) is 23.3. The van der Waals surface area contributed by atoms with Crippen LogP contribution in [0.2, 0.25) is 5.02 Å². The van der Waals surface area contributed by atoms with E-state index in [1.54, 1.807) is 18.4 Å². The number of ether oxygens (including phenoxy) is 1.